The van der Waals surface area contributed by atoms with Crippen LogP contribution < -0.4 is 10.9 Å². The van der Waals surface area contributed by atoms with Gasteiger partial charge in [-0.25, -0.2) is 14.5 Å². The number of piperidine rings is 1. The van der Waals surface area contributed by atoms with Crippen molar-refractivity contribution in [1.29, 1.82) is 0 Å². The number of aliphatic hydroxyl groups is 1. The molecule has 2 N–H and O–H groups in total. The molecular weight excluding hydrogens is 530 g/mol. The number of nitrogens with one attached hydrogen (secondary N) is 1. The van der Waals surface area contributed by atoms with Crippen molar-refractivity contribution in [3.63, 3.8) is 0 Å². The van der Waals surface area contributed by atoms with E-state index in [0.29, 0.717) is 37.1 Å². The second kappa shape index (κ2) is 10.7. The van der Waals surface area contributed by atoms with E-state index < -0.39 is 11.0 Å². The smallest absolute Gasteiger partial charge is 0.320 e. The van der Waals surface area contributed by atoms with Crippen molar-refractivity contribution in [3.05, 3.63) is 89.1 Å². The molecular formula is C32H37N7O3. The second-order valence-corrected chi connectivity index (χ2v) is 12.1. The molecule has 7 rings (SSSR count). The van der Waals surface area contributed by atoms with Crippen LogP contribution in [0.15, 0.2) is 78.0 Å². The molecule has 4 aromatic rings. The lowest BCUT2D eigenvalue weighted by atomic mass is 9.66. The summed E-state index contributed by atoms with van der Waals surface area (Å²) >= 11 is 0. The van der Waals surface area contributed by atoms with E-state index in [1.54, 1.807) is 15.4 Å². The molecule has 2 unspecified atom stereocenters. The third kappa shape index (κ3) is 4.49. The van der Waals surface area contributed by atoms with Gasteiger partial charge < -0.3 is 20.2 Å². The minimum atomic E-state index is -1.13. The molecule has 2 amide bonds. The highest BCUT2D eigenvalue weighted by Gasteiger charge is 2.56. The molecule has 10 nitrogen and oxygen atoms in total. The molecule has 2 aromatic carbocycles. The molecule has 4 heterocycles. The number of fused-ring (bicyclic) bond motifs is 1. The normalized spacial score (nSPS) is 24.0. The molecule has 218 valence electrons. The van der Waals surface area contributed by atoms with E-state index in [9.17, 15) is 14.7 Å². The first kappa shape index (κ1) is 26.9. The lowest BCUT2D eigenvalue weighted by Crippen LogP contribution is -2.64. The largest absolute Gasteiger partial charge is 0.387 e. The van der Waals surface area contributed by atoms with E-state index in [-0.39, 0.29) is 24.2 Å². The predicted molar refractivity (Wildman–Crippen MR) is 159 cm³/mol. The third-order valence-corrected chi connectivity index (χ3v) is 9.77. The minimum Gasteiger partial charge on any atom is -0.387 e. The minimum absolute atomic E-state index is 0.0269. The van der Waals surface area contributed by atoms with Crippen molar-refractivity contribution >= 4 is 17.1 Å². The molecule has 42 heavy (non-hydrogen) atoms. The summed E-state index contributed by atoms with van der Waals surface area (Å²) in [4.78, 5) is 36.2. The predicted octanol–water partition coefficient (Wildman–Crippen LogP) is 3.35. The van der Waals surface area contributed by atoms with Crippen molar-refractivity contribution in [1.82, 2.24) is 34.4 Å². The van der Waals surface area contributed by atoms with Crippen molar-refractivity contribution < 1.29 is 9.90 Å². The maximum atomic E-state index is 14.0. The molecule has 1 spiro atoms. The molecule has 0 bridgehead atoms. The summed E-state index contributed by atoms with van der Waals surface area (Å²) in [6.07, 6.45) is 7.16. The van der Waals surface area contributed by atoms with Gasteiger partial charge >= 0.3 is 6.03 Å². The Morgan fingerprint density at radius 3 is 2.50 bits per heavy atom. The Balaban J connectivity index is 1.15. The van der Waals surface area contributed by atoms with Gasteiger partial charge in [-0.1, -0.05) is 61.4 Å². The quantitative estimate of drug-likeness (QED) is 0.392. The SMILES string of the molecule is O=C(N1CCC(O)(Cn2cnc3c(cnn3-c3ccccc3)c2=O)C2(CCCC2)C1)N1CCNCC1c1ccccc1. The van der Waals surface area contributed by atoms with E-state index in [1.807, 2.05) is 58.3 Å². The number of aromatic nitrogens is 4. The number of likely N-dealkylation sites (tertiary alicyclic amines) is 1. The summed E-state index contributed by atoms with van der Waals surface area (Å²) in [5, 5.41) is 20.6. The van der Waals surface area contributed by atoms with Gasteiger partial charge in [-0.05, 0) is 37.0 Å². The first-order valence-corrected chi connectivity index (χ1v) is 15.0. The molecule has 3 fully saturated rings. The van der Waals surface area contributed by atoms with Crippen LogP contribution in [0.3, 0.4) is 0 Å². The van der Waals surface area contributed by atoms with Gasteiger partial charge in [0, 0.05) is 38.1 Å². The van der Waals surface area contributed by atoms with E-state index in [2.05, 4.69) is 27.5 Å². The molecule has 1 aliphatic carbocycles. The highest BCUT2D eigenvalue weighted by atomic mass is 16.3. The van der Waals surface area contributed by atoms with Crippen molar-refractivity contribution in [2.45, 2.75) is 50.3 Å². The van der Waals surface area contributed by atoms with Gasteiger partial charge in [0.05, 0.1) is 30.1 Å². The van der Waals surface area contributed by atoms with Crippen LogP contribution in [0, 0.1) is 5.41 Å². The molecule has 2 saturated heterocycles. The monoisotopic (exact) mass is 567 g/mol. The Labute approximate surface area is 244 Å². The van der Waals surface area contributed by atoms with Crippen LogP contribution in [-0.2, 0) is 6.54 Å². The number of carbonyl (C=O) groups is 1. The van der Waals surface area contributed by atoms with Crippen LogP contribution in [0.5, 0.6) is 0 Å². The summed E-state index contributed by atoms with van der Waals surface area (Å²) < 4.78 is 3.20. The Kier molecular flexibility index (Phi) is 6.82. The maximum Gasteiger partial charge on any atom is 0.320 e. The van der Waals surface area contributed by atoms with Crippen LogP contribution in [0.2, 0.25) is 0 Å². The van der Waals surface area contributed by atoms with Crippen molar-refractivity contribution in [3.8, 4) is 5.69 Å². The number of hydrogen-bond donors (Lipinski definition) is 2. The zero-order chi connectivity index (χ0) is 28.7. The van der Waals surface area contributed by atoms with Crippen molar-refractivity contribution in [2.75, 3.05) is 32.7 Å². The number of benzene rings is 2. The Bertz CT molecular complexity index is 1630. The molecule has 10 heteroatoms. The summed E-state index contributed by atoms with van der Waals surface area (Å²) in [7, 11) is 0. The fourth-order valence-electron chi connectivity index (χ4n) is 7.45. The number of rotatable bonds is 4. The highest BCUT2D eigenvalue weighted by Crippen LogP contribution is 2.51. The molecule has 2 atom stereocenters. The van der Waals surface area contributed by atoms with E-state index >= 15 is 0 Å². The van der Waals surface area contributed by atoms with Gasteiger partial charge in [-0.2, -0.15) is 5.10 Å². The number of hydrogen-bond acceptors (Lipinski definition) is 6. The van der Waals surface area contributed by atoms with Crippen molar-refractivity contribution in [2.24, 2.45) is 5.41 Å². The Morgan fingerprint density at radius 1 is 1.00 bits per heavy atom. The van der Waals surface area contributed by atoms with E-state index in [1.165, 1.54) is 6.33 Å². The summed E-state index contributed by atoms with van der Waals surface area (Å²) in [5.74, 6) is 0. The summed E-state index contributed by atoms with van der Waals surface area (Å²) in [6.45, 7) is 3.20. The fourth-order valence-corrected chi connectivity index (χ4v) is 7.45. The molecule has 3 aliphatic rings. The highest BCUT2D eigenvalue weighted by molar-refractivity contribution is 5.76. The topological polar surface area (TPSA) is 109 Å². The molecule has 0 radical (unpaired) electrons. The van der Waals surface area contributed by atoms with Gasteiger partial charge in [0.2, 0.25) is 0 Å². The van der Waals surface area contributed by atoms with E-state index in [4.69, 9.17) is 0 Å². The van der Waals surface area contributed by atoms with Gasteiger partial charge in [-0.3, -0.25) is 9.36 Å². The third-order valence-electron chi connectivity index (χ3n) is 9.77. The zero-order valence-corrected chi connectivity index (χ0v) is 23.7. The fraction of sp³-hybridized carbons (Fsp3) is 0.438. The van der Waals surface area contributed by atoms with Crippen LogP contribution in [-0.4, -0.2) is 78.6 Å². The Morgan fingerprint density at radius 2 is 1.74 bits per heavy atom. The second-order valence-electron chi connectivity index (χ2n) is 12.1. The number of amides is 2. The number of piperazine rings is 1. The lowest BCUT2D eigenvalue weighted by Gasteiger charge is -2.53. The number of carbonyl (C=O) groups excluding carboxylic acids is 1. The average molecular weight is 568 g/mol. The number of nitrogens with zero attached hydrogens (tertiary/aromatic N) is 6. The van der Waals surface area contributed by atoms with Gasteiger partial charge in [0.15, 0.2) is 5.65 Å². The van der Waals surface area contributed by atoms with Crippen LogP contribution >= 0.6 is 0 Å². The molecule has 2 aliphatic heterocycles. The van der Waals surface area contributed by atoms with Crippen LogP contribution in [0.1, 0.15) is 43.7 Å². The first-order valence-electron chi connectivity index (χ1n) is 15.0. The van der Waals surface area contributed by atoms with Gasteiger partial charge in [-0.15, -0.1) is 0 Å². The zero-order valence-electron chi connectivity index (χ0n) is 23.7. The van der Waals surface area contributed by atoms with Gasteiger partial charge in [0.25, 0.3) is 5.56 Å². The first-order chi connectivity index (χ1) is 20.5. The van der Waals surface area contributed by atoms with Crippen LogP contribution in [0.4, 0.5) is 4.79 Å². The maximum absolute atomic E-state index is 14.0. The average Bonchev–Trinajstić information content (AvgIpc) is 3.69. The van der Waals surface area contributed by atoms with Gasteiger partial charge in [0.1, 0.15) is 11.7 Å². The lowest BCUT2D eigenvalue weighted by molar-refractivity contribution is -0.136. The number of urea groups is 1. The van der Waals surface area contributed by atoms with Crippen LogP contribution in [0.25, 0.3) is 16.7 Å². The molecule has 2 aromatic heterocycles. The molecule has 1 saturated carbocycles. The Hall–Kier alpha value is -4.02. The number of para-hydroxylation sites is 1. The summed E-state index contributed by atoms with van der Waals surface area (Å²) in [6, 6.07) is 19.8. The standard InChI is InChI=1S/C32H37N7O3/c40-29-26-19-35-39(25-11-5-2-6-12-25)28(26)34-23-37(29)22-32(42)15-17-36(21-31(32)13-7-8-14-31)30(41)38-18-16-33-20-27(38)24-9-3-1-4-10-24/h1-6,9-12,19,23,27,33,42H,7-8,13-18,20-22H2. The summed E-state index contributed by atoms with van der Waals surface area (Å²) in [5.41, 5.74) is 0.636. The van der Waals surface area contributed by atoms with E-state index in [0.717, 1.165) is 50.0 Å².